The second kappa shape index (κ2) is 6.96. The number of rotatable bonds is 4. The minimum Gasteiger partial charge on any atom is -0.475 e. The summed E-state index contributed by atoms with van der Waals surface area (Å²) >= 11 is 0. The summed E-state index contributed by atoms with van der Waals surface area (Å²) in [5, 5.41) is 0. The number of fused-ring (bicyclic) bond motifs is 3. The first-order valence-electron chi connectivity index (χ1n) is 9.61. The molecule has 5 heterocycles. The molecule has 4 saturated heterocycles. The van der Waals surface area contributed by atoms with Gasteiger partial charge in [0.1, 0.15) is 5.82 Å². The van der Waals surface area contributed by atoms with E-state index < -0.39 is 0 Å². The zero-order valence-corrected chi connectivity index (χ0v) is 15.4. The number of nitrogens with two attached hydrogens (primary N) is 1. The lowest BCUT2D eigenvalue weighted by Crippen LogP contribution is -2.61. The maximum absolute atomic E-state index is 5.88. The van der Waals surface area contributed by atoms with Gasteiger partial charge < -0.3 is 20.3 Å². The van der Waals surface area contributed by atoms with E-state index in [1.165, 1.54) is 32.5 Å². The van der Waals surface area contributed by atoms with Gasteiger partial charge in [-0.25, -0.2) is 0 Å². The highest BCUT2D eigenvalue weighted by Crippen LogP contribution is 2.32. The maximum atomic E-state index is 5.88. The van der Waals surface area contributed by atoms with Gasteiger partial charge in [0.2, 0.25) is 11.8 Å². The predicted molar refractivity (Wildman–Crippen MR) is 98.9 cm³/mol. The monoisotopic (exact) mass is 346 g/mol. The number of nitrogen functional groups attached to an aromatic ring is 1. The molecule has 4 fully saturated rings. The molecule has 0 radical (unpaired) electrons. The Bertz CT molecular complexity index is 593. The molecule has 0 aliphatic carbocycles. The number of piperidine rings is 3. The molecule has 0 aromatic carbocycles. The molecule has 0 amide bonds. The number of piperazine rings is 1. The summed E-state index contributed by atoms with van der Waals surface area (Å²) in [6.45, 7) is 12.0. The standard InChI is InChI=1S/C18H30N6O/c1-13(2)25-17-11-16(20-18(19)21-17)24-9-7-23(8-10-24)15-12-22-5-3-14(15)4-6-22/h11,13-15H,3-10,12H2,1-2H3,(H2,19,20,21)/t15-/m0/s1. The summed E-state index contributed by atoms with van der Waals surface area (Å²) in [6.07, 6.45) is 2.84. The second-order valence-corrected chi connectivity index (χ2v) is 7.82. The van der Waals surface area contributed by atoms with Crippen LogP contribution in [0.4, 0.5) is 11.8 Å². The molecule has 7 heteroatoms. The first-order valence-corrected chi connectivity index (χ1v) is 9.61. The molecule has 0 spiro atoms. The third-order valence-electron chi connectivity index (χ3n) is 5.79. The number of hydrogen-bond donors (Lipinski definition) is 1. The van der Waals surface area contributed by atoms with Crippen molar-refractivity contribution in [3.05, 3.63) is 6.07 Å². The first kappa shape index (κ1) is 16.8. The van der Waals surface area contributed by atoms with Crippen molar-refractivity contribution in [1.29, 1.82) is 0 Å². The quantitative estimate of drug-likeness (QED) is 0.874. The van der Waals surface area contributed by atoms with Gasteiger partial charge in [-0.1, -0.05) is 0 Å². The fourth-order valence-corrected chi connectivity index (χ4v) is 4.52. The van der Waals surface area contributed by atoms with E-state index in [4.69, 9.17) is 10.5 Å². The zero-order valence-electron chi connectivity index (χ0n) is 15.4. The lowest BCUT2D eigenvalue weighted by Gasteiger charge is -2.51. The van der Waals surface area contributed by atoms with E-state index in [2.05, 4.69) is 24.7 Å². The Hall–Kier alpha value is -1.60. The number of nitrogens with zero attached hydrogens (tertiary/aromatic N) is 5. The molecule has 2 bridgehead atoms. The lowest BCUT2D eigenvalue weighted by atomic mass is 9.83. The van der Waals surface area contributed by atoms with Gasteiger partial charge in [-0.3, -0.25) is 4.90 Å². The number of anilines is 2. The maximum Gasteiger partial charge on any atom is 0.225 e. The smallest absolute Gasteiger partial charge is 0.225 e. The van der Waals surface area contributed by atoms with E-state index in [-0.39, 0.29) is 12.1 Å². The Balaban J connectivity index is 1.39. The number of ether oxygens (including phenoxy) is 1. The predicted octanol–water partition coefficient (Wildman–Crippen LogP) is 1.06. The normalized spacial score (nSPS) is 30.0. The molecule has 1 atom stereocenters. The molecule has 25 heavy (non-hydrogen) atoms. The van der Waals surface area contributed by atoms with Crippen LogP contribution in [0.15, 0.2) is 6.07 Å². The van der Waals surface area contributed by atoms with Gasteiger partial charge in [0.25, 0.3) is 0 Å². The van der Waals surface area contributed by atoms with Crippen molar-refractivity contribution in [2.75, 3.05) is 56.4 Å². The summed E-state index contributed by atoms with van der Waals surface area (Å²) in [5.74, 6) is 2.64. The second-order valence-electron chi connectivity index (χ2n) is 7.82. The van der Waals surface area contributed by atoms with Crippen LogP contribution in [-0.2, 0) is 0 Å². The van der Waals surface area contributed by atoms with E-state index >= 15 is 0 Å². The van der Waals surface area contributed by atoms with Gasteiger partial charge in [0, 0.05) is 44.8 Å². The summed E-state index contributed by atoms with van der Waals surface area (Å²) in [6, 6.07) is 2.67. The number of aromatic nitrogens is 2. The fourth-order valence-electron chi connectivity index (χ4n) is 4.52. The van der Waals surface area contributed by atoms with E-state index in [1.807, 2.05) is 19.9 Å². The molecule has 138 valence electrons. The Labute approximate surface area is 150 Å². The van der Waals surface area contributed by atoms with E-state index in [0.717, 1.165) is 44.0 Å². The van der Waals surface area contributed by atoms with Crippen molar-refractivity contribution in [3.63, 3.8) is 0 Å². The molecular formula is C18H30N6O. The molecule has 7 nitrogen and oxygen atoms in total. The SMILES string of the molecule is CC(C)Oc1cc(N2CCN([C@H]3CN4CCC3CC4)CC2)nc(N)n1. The van der Waals surface area contributed by atoms with E-state index in [0.29, 0.717) is 5.88 Å². The van der Waals surface area contributed by atoms with Crippen LogP contribution in [0.2, 0.25) is 0 Å². The largest absolute Gasteiger partial charge is 0.475 e. The van der Waals surface area contributed by atoms with Gasteiger partial charge in [-0.15, -0.1) is 0 Å². The van der Waals surface area contributed by atoms with Gasteiger partial charge in [-0.2, -0.15) is 9.97 Å². The fraction of sp³-hybridized carbons (Fsp3) is 0.778. The van der Waals surface area contributed by atoms with Crippen LogP contribution in [0.25, 0.3) is 0 Å². The summed E-state index contributed by atoms with van der Waals surface area (Å²) < 4.78 is 5.70. The molecule has 1 aromatic rings. The van der Waals surface area contributed by atoms with Crippen LogP contribution in [0.5, 0.6) is 5.88 Å². The molecule has 0 unspecified atom stereocenters. The summed E-state index contributed by atoms with van der Waals surface area (Å²) in [5.41, 5.74) is 5.88. The van der Waals surface area contributed by atoms with Crippen molar-refractivity contribution in [2.45, 2.75) is 38.8 Å². The Kier molecular flexibility index (Phi) is 4.69. The zero-order chi connectivity index (χ0) is 17.4. The van der Waals surface area contributed by atoms with Crippen LogP contribution in [0.3, 0.4) is 0 Å². The van der Waals surface area contributed by atoms with Crippen molar-refractivity contribution >= 4 is 11.8 Å². The third kappa shape index (κ3) is 3.67. The first-order chi connectivity index (χ1) is 12.1. The minimum atomic E-state index is 0.0794. The van der Waals surface area contributed by atoms with Gasteiger partial charge in [0.05, 0.1) is 6.10 Å². The third-order valence-corrected chi connectivity index (χ3v) is 5.79. The Morgan fingerprint density at radius 2 is 1.80 bits per heavy atom. The highest BCUT2D eigenvalue weighted by molar-refractivity contribution is 5.46. The van der Waals surface area contributed by atoms with Crippen molar-refractivity contribution in [3.8, 4) is 5.88 Å². The minimum absolute atomic E-state index is 0.0794. The molecule has 1 aromatic heterocycles. The number of hydrogen-bond acceptors (Lipinski definition) is 7. The summed E-state index contributed by atoms with van der Waals surface area (Å²) in [7, 11) is 0. The van der Waals surface area contributed by atoms with Gasteiger partial charge >= 0.3 is 0 Å². The van der Waals surface area contributed by atoms with Crippen LogP contribution in [0.1, 0.15) is 26.7 Å². The van der Waals surface area contributed by atoms with Crippen LogP contribution < -0.4 is 15.4 Å². The van der Waals surface area contributed by atoms with Crippen LogP contribution in [0, 0.1) is 5.92 Å². The van der Waals surface area contributed by atoms with Crippen LogP contribution in [-0.4, -0.2) is 77.7 Å². The van der Waals surface area contributed by atoms with Crippen molar-refractivity contribution in [1.82, 2.24) is 19.8 Å². The van der Waals surface area contributed by atoms with Crippen molar-refractivity contribution < 1.29 is 4.74 Å². The molecule has 5 rings (SSSR count). The van der Waals surface area contributed by atoms with Crippen molar-refractivity contribution in [2.24, 2.45) is 5.92 Å². The molecular weight excluding hydrogens is 316 g/mol. The highest BCUT2D eigenvalue weighted by atomic mass is 16.5. The molecule has 4 aliphatic rings. The lowest BCUT2D eigenvalue weighted by molar-refractivity contribution is 0.00306. The Morgan fingerprint density at radius 1 is 1.08 bits per heavy atom. The average molecular weight is 346 g/mol. The van der Waals surface area contributed by atoms with Crippen LogP contribution >= 0.6 is 0 Å². The van der Waals surface area contributed by atoms with E-state index in [9.17, 15) is 0 Å². The van der Waals surface area contributed by atoms with E-state index in [1.54, 1.807) is 0 Å². The Morgan fingerprint density at radius 3 is 2.40 bits per heavy atom. The average Bonchev–Trinajstić information content (AvgIpc) is 2.62. The highest BCUT2D eigenvalue weighted by Gasteiger charge is 2.38. The summed E-state index contributed by atoms with van der Waals surface area (Å²) in [4.78, 5) is 16.3. The molecule has 0 saturated carbocycles. The molecule has 4 aliphatic heterocycles. The van der Waals surface area contributed by atoms with Gasteiger partial charge in [-0.05, 0) is 45.7 Å². The van der Waals surface area contributed by atoms with Gasteiger partial charge in [0.15, 0.2) is 0 Å². The molecule has 2 N–H and O–H groups in total. The topological polar surface area (TPSA) is 70.8 Å².